The molecule has 1 N–H and O–H groups in total. The molecule has 1 aromatic carbocycles. The van der Waals surface area contributed by atoms with E-state index in [1.807, 2.05) is 13.0 Å². The van der Waals surface area contributed by atoms with E-state index >= 15 is 0 Å². The number of nitrogens with zero attached hydrogens (tertiary/aromatic N) is 2. The van der Waals surface area contributed by atoms with Crippen LogP contribution in [0.3, 0.4) is 0 Å². The molecule has 23 heavy (non-hydrogen) atoms. The van der Waals surface area contributed by atoms with E-state index in [-0.39, 0.29) is 11.5 Å². The fraction of sp³-hybridized carbons (Fsp3) is 0.235. The predicted octanol–water partition coefficient (Wildman–Crippen LogP) is 1.47. The van der Waals surface area contributed by atoms with Gasteiger partial charge in [-0.05, 0) is 37.3 Å². The minimum absolute atomic E-state index is 0.172. The summed E-state index contributed by atoms with van der Waals surface area (Å²) in [6.45, 7) is 2.51. The molecule has 2 rings (SSSR count). The van der Waals surface area contributed by atoms with E-state index in [0.29, 0.717) is 30.0 Å². The van der Waals surface area contributed by atoms with Crippen LogP contribution in [0.4, 0.5) is 0 Å². The molecule has 0 atom stereocenters. The number of methoxy groups -OCH3 is 1. The molecule has 0 aliphatic carbocycles. The number of hydrogen-bond donors (Lipinski definition) is 1. The van der Waals surface area contributed by atoms with Crippen molar-refractivity contribution in [1.82, 2.24) is 9.88 Å². The third-order valence-electron chi connectivity index (χ3n) is 3.44. The minimum atomic E-state index is -0.242. The maximum absolute atomic E-state index is 12.0. The van der Waals surface area contributed by atoms with Crippen molar-refractivity contribution in [3.63, 3.8) is 0 Å². The number of rotatable bonds is 5. The van der Waals surface area contributed by atoms with Gasteiger partial charge in [-0.2, -0.15) is 5.26 Å². The molecule has 0 bridgehead atoms. The Kier molecular flexibility index (Phi) is 5.15. The van der Waals surface area contributed by atoms with E-state index in [1.165, 1.54) is 13.2 Å². The molecular formula is C17H17N3O3. The summed E-state index contributed by atoms with van der Waals surface area (Å²) in [7, 11) is 1.51. The smallest absolute Gasteiger partial charge is 0.254 e. The van der Waals surface area contributed by atoms with Gasteiger partial charge >= 0.3 is 0 Å². The summed E-state index contributed by atoms with van der Waals surface area (Å²) in [5.41, 5.74) is 1.57. The Labute approximate surface area is 133 Å². The van der Waals surface area contributed by atoms with Gasteiger partial charge in [0.25, 0.3) is 11.5 Å². The summed E-state index contributed by atoms with van der Waals surface area (Å²) in [4.78, 5) is 24.0. The monoisotopic (exact) mass is 311 g/mol. The molecule has 0 fully saturated rings. The van der Waals surface area contributed by atoms with E-state index in [4.69, 9.17) is 10.00 Å². The molecular weight excluding hydrogens is 294 g/mol. The Morgan fingerprint density at radius 1 is 1.30 bits per heavy atom. The number of aromatic nitrogens is 1. The van der Waals surface area contributed by atoms with Crippen LogP contribution >= 0.6 is 0 Å². The summed E-state index contributed by atoms with van der Waals surface area (Å²) >= 11 is 0. The second-order valence-corrected chi connectivity index (χ2v) is 4.97. The molecule has 0 aliphatic heterocycles. The zero-order valence-electron chi connectivity index (χ0n) is 13.0. The number of carbonyl (C=O) groups excluding carboxylic acids is 1. The zero-order valence-corrected chi connectivity index (χ0v) is 13.0. The first-order valence-corrected chi connectivity index (χ1v) is 7.09. The first-order chi connectivity index (χ1) is 11.0. The SMILES string of the molecule is COc1cc(C)n(CCNC(=O)c2ccc(C#N)cc2)c(=O)c1. The predicted molar refractivity (Wildman–Crippen MR) is 85.5 cm³/mol. The van der Waals surface area contributed by atoms with Gasteiger partial charge in [0.05, 0.1) is 18.7 Å². The van der Waals surface area contributed by atoms with Crippen molar-refractivity contribution in [3.8, 4) is 11.8 Å². The van der Waals surface area contributed by atoms with E-state index in [1.54, 1.807) is 34.9 Å². The van der Waals surface area contributed by atoms with Crippen molar-refractivity contribution in [3.05, 3.63) is 63.6 Å². The van der Waals surface area contributed by atoms with E-state index in [0.717, 1.165) is 5.69 Å². The molecule has 0 unspecified atom stereocenters. The number of carbonyl (C=O) groups is 1. The number of nitriles is 1. The van der Waals surface area contributed by atoms with Crippen LogP contribution in [0.5, 0.6) is 5.75 Å². The van der Waals surface area contributed by atoms with Gasteiger partial charge in [0.15, 0.2) is 0 Å². The van der Waals surface area contributed by atoms with Crippen LogP contribution in [-0.4, -0.2) is 24.1 Å². The van der Waals surface area contributed by atoms with Gasteiger partial charge in [0.1, 0.15) is 5.75 Å². The molecule has 0 radical (unpaired) electrons. The van der Waals surface area contributed by atoms with E-state index in [9.17, 15) is 9.59 Å². The Hall–Kier alpha value is -3.07. The molecule has 1 aromatic heterocycles. The van der Waals surface area contributed by atoms with Crippen LogP contribution in [0.2, 0.25) is 0 Å². The second-order valence-electron chi connectivity index (χ2n) is 4.97. The first-order valence-electron chi connectivity index (χ1n) is 7.09. The molecule has 1 amide bonds. The zero-order chi connectivity index (χ0) is 16.8. The fourth-order valence-electron chi connectivity index (χ4n) is 2.18. The number of nitrogens with one attached hydrogen (secondary N) is 1. The lowest BCUT2D eigenvalue weighted by Gasteiger charge is -2.12. The van der Waals surface area contributed by atoms with Crippen LogP contribution in [0.25, 0.3) is 0 Å². The van der Waals surface area contributed by atoms with Gasteiger partial charge in [-0.15, -0.1) is 0 Å². The molecule has 118 valence electrons. The summed E-state index contributed by atoms with van der Waals surface area (Å²) in [6, 6.07) is 11.6. The molecule has 1 heterocycles. The summed E-state index contributed by atoms with van der Waals surface area (Å²) in [6.07, 6.45) is 0. The lowest BCUT2D eigenvalue weighted by atomic mass is 10.1. The van der Waals surface area contributed by atoms with Crippen molar-refractivity contribution in [2.75, 3.05) is 13.7 Å². The highest BCUT2D eigenvalue weighted by Crippen LogP contribution is 2.08. The lowest BCUT2D eigenvalue weighted by molar-refractivity contribution is 0.0952. The Morgan fingerprint density at radius 2 is 2.00 bits per heavy atom. The van der Waals surface area contributed by atoms with Crippen LogP contribution in [0, 0.1) is 18.3 Å². The Morgan fingerprint density at radius 3 is 2.57 bits per heavy atom. The van der Waals surface area contributed by atoms with Gasteiger partial charge in [0.2, 0.25) is 0 Å². The van der Waals surface area contributed by atoms with Crippen LogP contribution in [0.15, 0.2) is 41.2 Å². The van der Waals surface area contributed by atoms with Crippen molar-refractivity contribution < 1.29 is 9.53 Å². The van der Waals surface area contributed by atoms with E-state index in [2.05, 4.69) is 5.32 Å². The maximum atomic E-state index is 12.0. The second kappa shape index (κ2) is 7.27. The van der Waals surface area contributed by atoms with Gasteiger partial charge in [-0.3, -0.25) is 9.59 Å². The number of hydrogen-bond acceptors (Lipinski definition) is 4. The van der Waals surface area contributed by atoms with Crippen LogP contribution in [0.1, 0.15) is 21.6 Å². The molecule has 6 nitrogen and oxygen atoms in total. The first kappa shape index (κ1) is 16.3. The van der Waals surface area contributed by atoms with Crippen LogP contribution in [-0.2, 0) is 6.54 Å². The molecule has 2 aromatic rings. The Bertz CT molecular complexity index is 801. The number of ether oxygens (including phenoxy) is 1. The van der Waals surface area contributed by atoms with Crippen molar-refractivity contribution >= 4 is 5.91 Å². The normalized spacial score (nSPS) is 9.96. The van der Waals surface area contributed by atoms with Crippen LogP contribution < -0.4 is 15.6 Å². The largest absolute Gasteiger partial charge is 0.496 e. The standard InChI is InChI=1S/C17H17N3O3/c1-12-9-15(23-2)10-16(21)20(12)8-7-19-17(22)14-5-3-13(11-18)4-6-14/h3-6,9-10H,7-8H2,1-2H3,(H,19,22). The molecule has 0 aliphatic rings. The van der Waals surface area contributed by atoms with Gasteiger partial charge < -0.3 is 14.6 Å². The van der Waals surface area contributed by atoms with Crippen molar-refractivity contribution in [2.24, 2.45) is 0 Å². The lowest BCUT2D eigenvalue weighted by Crippen LogP contribution is -2.31. The average molecular weight is 311 g/mol. The third kappa shape index (κ3) is 3.98. The molecule has 0 spiro atoms. The van der Waals surface area contributed by atoms with Crippen molar-refractivity contribution in [2.45, 2.75) is 13.5 Å². The molecule has 0 saturated heterocycles. The Balaban J connectivity index is 1.98. The highest BCUT2D eigenvalue weighted by molar-refractivity contribution is 5.94. The topological polar surface area (TPSA) is 84.1 Å². The third-order valence-corrected chi connectivity index (χ3v) is 3.44. The maximum Gasteiger partial charge on any atom is 0.254 e. The van der Waals surface area contributed by atoms with Gasteiger partial charge in [0, 0.05) is 30.4 Å². The summed E-state index contributed by atoms with van der Waals surface area (Å²) < 4.78 is 6.62. The summed E-state index contributed by atoms with van der Waals surface area (Å²) in [5.74, 6) is 0.277. The quantitative estimate of drug-likeness (QED) is 0.906. The average Bonchev–Trinajstić information content (AvgIpc) is 2.56. The highest BCUT2D eigenvalue weighted by Gasteiger charge is 2.07. The number of aryl methyl sites for hydroxylation is 1. The van der Waals surface area contributed by atoms with Crippen molar-refractivity contribution in [1.29, 1.82) is 5.26 Å². The minimum Gasteiger partial charge on any atom is -0.496 e. The van der Waals surface area contributed by atoms with Gasteiger partial charge in [-0.1, -0.05) is 0 Å². The highest BCUT2D eigenvalue weighted by atomic mass is 16.5. The number of pyridine rings is 1. The van der Waals surface area contributed by atoms with E-state index < -0.39 is 0 Å². The number of benzene rings is 1. The summed E-state index contributed by atoms with van der Waals surface area (Å²) in [5, 5.41) is 11.5. The van der Waals surface area contributed by atoms with Gasteiger partial charge in [-0.25, -0.2) is 0 Å². The molecule has 6 heteroatoms. The molecule has 0 saturated carbocycles. The number of amides is 1. The fourth-order valence-corrected chi connectivity index (χ4v) is 2.18.